The van der Waals surface area contributed by atoms with Crippen LogP contribution in [0.4, 0.5) is 0 Å². The fourth-order valence-electron chi connectivity index (χ4n) is 1.01. The number of hydrogen-bond acceptors (Lipinski definition) is 5. The highest BCUT2D eigenvalue weighted by atomic mass is 32.2. The van der Waals surface area contributed by atoms with E-state index in [2.05, 4.69) is 9.97 Å². The molecule has 2 aromatic heterocycles. The first-order valence-electron chi connectivity index (χ1n) is 4.32. The van der Waals surface area contributed by atoms with Crippen LogP contribution in [0.5, 0.6) is 0 Å². The van der Waals surface area contributed by atoms with Crippen LogP contribution in [0.1, 0.15) is 10.6 Å². The smallest absolute Gasteiger partial charge is 0.208 e. The maximum Gasteiger partial charge on any atom is 0.208 e. The lowest BCUT2D eigenvalue weighted by Crippen LogP contribution is -2.00. The van der Waals surface area contributed by atoms with Crippen LogP contribution in [0.15, 0.2) is 46.4 Å². The van der Waals surface area contributed by atoms with Gasteiger partial charge in [0, 0.05) is 6.20 Å². The summed E-state index contributed by atoms with van der Waals surface area (Å²) in [6, 6.07) is 5.12. The molecule has 4 nitrogen and oxygen atoms in total. The molecule has 0 aliphatic rings. The molecule has 2 rings (SSSR count). The molecule has 0 N–H and O–H groups in total. The number of rotatable bonds is 4. The molecule has 5 heteroatoms. The molecule has 0 amide bonds. The molecule has 0 spiro atoms. The van der Waals surface area contributed by atoms with Crippen molar-refractivity contribution in [3.05, 3.63) is 42.7 Å². The Morgan fingerprint density at radius 2 is 2.40 bits per heavy atom. The average Bonchev–Trinajstić information content (AvgIpc) is 2.81. The summed E-state index contributed by atoms with van der Waals surface area (Å²) in [7, 11) is 0. The van der Waals surface area contributed by atoms with E-state index in [9.17, 15) is 4.79 Å². The van der Waals surface area contributed by atoms with Crippen molar-refractivity contribution in [1.29, 1.82) is 0 Å². The lowest BCUT2D eigenvalue weighted by atomic mass is 10.3. The molecule has 76 valence electrons. The summed E-state index contributed by atoms with van der Waals surface area (Å²) < 4.78 is 4.99. The third kappa shape index (κ3) is 2.66. The summed E-state index contributed by atoms with van der Waals surface area (Å²) in [5, 5.41) is 0.782. The highest BCUT2D eigenvalue weighted by molar-refractivity contribution is 7.99. The van der Waals surface area contributed by atoms with Gasteiger partial charge in [0.2, 0.25) is 5.78 Å². The summed E-state index contributed by atoms with van der Waals surface area (Å²) >= 11 is 1.37. The Labute approximate surface area is 90.7 Å². The minimum absolute atomic E-state index is 0.0383. The largest absolute Gasteiger partial charge is 0.461 e. The third-order valence-corrected chi connectivity index (χ3v) is 2.65. The number of carbonyl (C=O) groups excluding carboxylic acids is 1. The van der Waals surface area contributed by atoms with Crippen molar-refractivity contribution in [1.82, 2.24) is 9.97 Å². The molecule has 0 aliphatic carbocycles. The van der Waals surface area contributed by atoms with E-state index in [1.165, 1.54) is 24.4 Å². The molecule has 15 heavy (non-hydrogen) atoms. The normalized spacial score (nSPS) is 10.1. The van der Waals surface area contributed by atoms with Crippen molar-refractivity contribution in [2.75, 3.05) is 5.75 Å². The number of aromatic nitrogens is 2. The average molecular weight is 220 g/mol. The second kappa shape index (κ2) is 4.75. The summed E-state index contributed by atoms with van der Waals surface area (Å²) in [6.07, 6.45) is 4.59. The van der Waals surface area contributed by atoms with E-state index in [4.69, 9.17) is 4.42 Å². The molecule has 0 saturated carbocycles. The van der Waals surface area contributed by atoms with Gasteiger partial charge in [-0.1, -0.05) is 11.8 Å². The second-order valence-corrected chi connectivity index (χ2v) is 3.73. The van der Waals surface area contributed by atoms with Crippen molar-refractivity contribution in [3.63, 3.8) is 0 Å². The highest BCUT2D eigenvalue weighted by Gasteiger charge is 2.09. The maximum absolute atomic E-state index is 11.5. The zero-order valence-corrected chi connectivity index (χ0v) is 8.61. The van der Waals surface area contributed by atoms with Crippen molar-refractivity contribution < 1.29 is 9.21 Å². The van der Waals surface area contributed by atoms with Crippen LogP contribution in [0.2, 0.25) is 0 Å². The molecular formula is C10H8N2O2S. The van der Waals surface area contributed by atoms with Crippen LogP contribution in [-0.2, 0) is 0 Å². The molecule has 2 aromatic rings. The van der Waals surface area contributed by atoms with Crippen LogP contribution in [0.25, 0.3) is 0 Å². The van der Waals surface area contributed by atoms with E-state index in [0.717, 1.165) is 5.03 Å². The number of ketones is 1. The summed E-state index contributed by atoms with van der Waals surface area (Å²) in [4.78, 5) is 19.3. The topological polar surface area (TPSA) is 56.0 Å². The van der Waals surface area contributed by atoms with Crippen LogP contribution in [-0.4, -0.2) is 21.5 Å². The van der Waals surface area contributed by atoms with E-state index in [1.54, 1.807) is 24.4 Å². The summed E-state index contributed by atoms with van der Waals surface area (Å²) in [6.45, 7) is 0. The number of hydrogen-bond donors (Lipinski definition) is 0. The molecule has 0 bridgehead atoms. The van der Waals surface area contributed by atoms with Gasteiger partial charge in [0.15, 0.2) is 5.76 Å². The Kier molecular flexibility index (Phi) is 3.14. The number of Topliss-reactive ketones (excluding diaryl/α,β-unsaturated/α-hetero) is 1. The van der Waals surface area contributed by atoms with Gasteiger partial charge in [0.25, 0.3) is 0 Å². The molecule has 0 unspecified atom stereocenters. The minimum atomic E-state index is -0.0383. The zero-order valence-electron chi connectivity index (χ0n) is 7.79. The molecule has 0 saturated heterocycles. The van der Waals surface area contributed by atoms with E-state index in [-0.39, 0.29) is 5.78 Å². The van der Waals surface area contributed by atoms with Gasteiger partial charge in [-0.3, -0.25) is 4.79 Å². The fraction of sp³-hybridized carbons (Fsp3) is 0.100. The quantitative estimate of drug-likeness (QED) is 0.448. The molecular weight excluding hydrogens is 212 g/mol. The first-order valence-corrected chi connectivity index (χ1v) is 5.30. The molecule has 2 heterocycles. The molecule has 0 aromatic carbocycles. The van der Waals surface area contributed by atoms with Gasteiger partial charge in [0.1, 0.15) is 6.33 Å². The first-order chi connectivity index (χ1) is 7.36. The van der Waals surface area contributed by atoms with Gasteiger partial charge >= 0.3 is 0 Å². The Hall–Kier alpha value is -1.62. The van der Waals surface area contributed by atoms with Gasteiger partial charge < -0.3 is 4.42 Å². The maximum atomic E-state index is 11.5. The monoisotopic (exact) mass is 220 g/mol. The highest BCUT2D eigenvalue weighted by Crippen LogP contribution is 2.15. The standard InChI is InChI=1S/C10H8N2O2S/c13-8(9-2-1-5-14-9)6-15-10-3-4-11-7-12-10/h1-5,7H,6H2. The van der Waals surface area contributed by atoms with Gasteiger partial charge in [-0.2, -0.15) is 0 Å². The van der Waals surface area contributed by atoms with E-state index < -0.39 is 0 Å². The Morgan fingerprint density at radius 1 is 1.47 bits per heavy atom. The molecule has 0 fully saturated rings. The number of nitrogens with zero attached hydrogens (tertiary/aromatic N) is 2. The van der Waals surface area contributed by atoms with E-state index >= 15 is 0 Å². The van der Waals surface area contributed by atoms with Crippen molar-refractivity contribution in [3.8, 4) is 0 Å². The lowest BCUT2D eigenvalue weighted by molar-refractivity contribution is 0.0992. The van der Waals surface area contributed by atoms with Crippen molar-refractivity contribution in [2.24, 2.45) is 0 Å². The van der Waals surface area contributed by atoms with Crippen molar-refractivity contribution in [2.45, 2.75) is 5.03 Å². The van der Waals surface area contributed by atoms with Crippen molar-refractivity contribution >= 4 is 17.5 Å². The second-order valence-electron chi connectivity index (χ2n) is 2.74. The predicted octanol–water partition coefficient (Wildman–Crippen LogP) is 2.04. The van der Waals surface area contributed by atoms with Gasteiger partial charge in [0.05, 0.1) is 17.0 Å². The molecule has 0 atom stereocenters. The molecule has 0 aliphatic heterocycles. The lowest BCUT2D eigenvalue weighted by Gasteiger charge is -1.97. The van der Waals surface area contributed by atoms with Crippen LogP contribution in [0.3, 0.4) is 0 Å². The number of furan rings is 1. The third-order valence-electron chi connectivity index (χ3n) is 1.70. The molecule has 0 radical (unpaired) electrons. The zero-order chi connectivity index (χ0) is 10.5. The minimum Gasteiger partial charge on any atom is -0.461 e. The Morgan fingerprint density at radius 3 is 3.07 bits per heavy atom. The Balaban J connectivity index is 1.92. The SMILES string of the molecule is O=C(CSc1ccncn1)c1ccco1. The number of carbonyl (C=O) groups is 1. The van der Waals surface area contributed by atoms with E-state index in [0.29, 0.717) is 11.5 Å². The van der Waals surface area contributed by atoms with Gasteiger partial charge in [-0.05, 0) is 18.2 Å². The Bertz CT molecular complexity index is 428. The van der Waals surface area contributed by atoms with Crippen LogP contribution < -0.4 is 0 Å². The number of thioether (sulfide) groups is 1. The summed E-state index contributed by atoms with van der Waals surface area (Å²) in [5.74, 6) is 0.671. The van der Waals surface area contributed by atoms with Crippen LogP contribution in [0, 0.1) is 0 Å². The van der Waals surface area contributed by atoms with Crippen LogP contribution >= 0.6 is 11.8 Å². The first kappa shape index (κ1) is 9.92. The van der Waals surface area contributed by atoms with E-state index in [1.807, 2.05) is 0 Å². The van der Waals surface area contributed by atoms with Gasteiger partial charge in [-0.15, -0.1) is 0 Å². The van der Waals surface area contributed by atoms with Gasteiger partial charge in [-0.25, -0.2) is 9.97 Å². The fourth-order valence-corrected chi connectivity index (χ4v) is 1.71. The predicted molar refractivity (Wildman–Crippen MR) is 55.8 cm³/mol. The summed E-state index contributed by atoms with van der Waals surface area (Å²) in [5.41, 5.74) is 0.